The maximum atomic E-state index is 10.7. The van der Waals surface area contributed by atoms with Gasteiger partial charge in [-0.15, -0.1) is 0 Å². The summed E-state index contributed by atoms with van der Waals surface area (Å²) in [4.78, 5) is 10.7. The monoisotopic (exact) mass is 222 g/mol. The lowest BCUT2D eigenvalue weighted by Gasteiger charge is -2.03. The lowest BCUT2D eigenvalue weighted by molar-refractivity contribution is 0.243. The molecule has 0 aromatic rings. The van der Waals surface area contributed by atoms with E-state index in [1.54, 1.807) is 7.05 Å². The van der Waals surface area contributed by atoms with Gasteiger partial charge in [0.25, 0.3) is 0 Å². The first-order valence-electron chi connectivity index (χ1n) is 4.42. The molecule has 13 heavy (non-hydrogen) atoms. The van der Waals surface area contributed by atoms with Gasteiger partial charge >= 0.3 is 6.03 Å². The first kappa shape index (κ1) is 13.0. The van der Waals surface area contributed by atoms with Crippen molar-refractivity contribution in [1.82, 2.24) is 10.6 Å². The number of thioether (sulfide) groups is 2. The van der Waals surface area contributed by atoms with Crippen molar-refractivity contribution in [2.75, 3.05) is 36.6 Å². The summed E-state index contributed by atoms with van der Waals surface area (Å²) in [6.07, 6.45) is 0. The largest absolute Gasteiger partial charge is 0.341 e. The first-order chi connectivity index (χ1) is 6.31. The Balaban J connectivity index is 2.95. The Morgan fingerprint density at radius 3 is 2.54 bits per heavy atom. The molecular weight excluding hydrogens is 204 g/mol. The van der Waals surface area contributed by atoms with Gasteiger partial charge in [0, 0.05) is 30.9 Å². The molecule has 0 unspecified atom stereocenters. The predicted octanol–water partition coefficient (Wildman–Crippen LogP) is 1.40. The molecule has 0 aliphatic heterocycles. The third-order valence-corrected chi connectivity index (χ3v) is 3.48. The van der Waals surface area contributed by atoms with E-state index in [-0.39, 0.29) is 6.03 Å². The fourth-order valence-corrected chi connectivity index (χ4v) is 2.37. The van der Waals surface area contributed by atoms with Crippen LogP contribution in [-0.2, 0) is 0 Å². The molecule has 0 aromatic carbocycles. The van der Waals surface area contributed by atoms with Gasteiger partial charge in [-0.2, -0.15) is 23.5 Å². The normalized spacial score (nSPS) is 9.69. The highest BCUT2D eigenvalue weighted by molar-refractivity contribution is 8.02. The molecule has 0 aromatic heterocycles. The summed E-state index contributed by atoms with van der Waals surface area (Å²) >= 11 is 3.84. The summed E-state index contributed by atoms with van der Waals surface area (Å²) in [5, 5.41) is 5.26. The van der Waals surface area contributed by atoms with Crippen molar-refractivity contribution < 1.29 is 4.79 Å². The SMILES string of the molecule is CCSCCSCCNC(=O)NC. The smallest absolute Gasteiger partial charge is 0.314 e. The first-order valence-corrected chi connectivity index (χ1v) is 6.73. The second-order valence-corrected chi connectivity index (χ2v) is 4.93. The van der Waals surface area contributed by atoms with Crippen LogP contribution in [-0.4, -0.2) is 42.6 Å². The molecule has 3 nitrogen and oxygen atoms in total. The molecule has 0 fully saturated rings. The minimum atomic E-state index is -0.0940. The zero-order valence-electron chi connectivity index (χ0n) is 8.26. The lowest BCUT2D eigenvalue weighted by atomic mass is 10.7. The number of urea groups is 1. The van der Waals surface area contributed by atoms with Crippen molar-refractivity contribution in [3.8, 4) is 0 Å². The van der Waals surface area contributed by atoms with E-state index in [1.807, 2.05) is 23.5 Å². The molecule has 2 amide bonds. The van der Waals surface area contributed by atoms with Crippen molar-refractivity contribution in [2.24, 2.45) is 0 Å². The standard InChI is InChI=1S/C8H18N2OS2/c1-3-12-6-7-13-5-4-10-8(11)9-2/h3-7H2,1-2H3,(H2,9,10,11). The van der Waals surface area contributed by atoms with E-state index in [9.17, 15) is 4.79 Å². The van der Waals surface area contributed by atoms with Crippen LogP contribution in [0.3, 0.4) is 0 Å². The van der Waals surface area contributed by atoms with Crippen LogP contribution in [0.1, 0.15) is 6.92 Å². The second-order valence-electron chi connectivity index (χ2n) is 2.32. The molecule has 0 atom stereocenters. The molecule has 0 saturated heterocycles. The van der Waals surface area contributed by atoms with E-state index in [2.05, 4.69) is 17.6 Å². The Hall–Kier alpha value is -0.0300. The van der Waals surface area contributed by atoms with E-state index in [1.165, 1.54) is 17.3 Å². The van der Waals surface area contributed by atoms with E-state index < -0.39 is 0 Å². The molecule has 78 valence electrons. The Labute approximate surface area is 88.8 Å². The van der Waals surface area contributed by atoms with Gasteiger partial charge in [-0.25, -0.2) is 4.79 Å². The maximum Gasteiger partial charge on any atom is 0.314 e. The van der Waals surface area contributed by atoms with E-state index in [0.29, 0.717) is 0 Å². The van der Waals surface area contributed by atoms with Crippen LogP contribution in [0.25, 0.3) is 0 Å². The van der Waals surface area contributed by atoms with E-state index in [4.69, 9.17) is 0 Å². The predicted molar refractivity (Wildman–Crippen MR) is 62.8 cm³/mol. The molecule has 0 heterocycles. The summed E-state index contributed by atoms with van der Waals surface area (Å²) in [6, 6.07) is -0.0940. The number of amides is 2. The number of hydrogen-bond donors (Lipinski definition) is 2. The van der Waals surface area contributed by atoms with E-state index >= 15 is 0 Å². The van der Waals surface area contributed by atoms with Gasteiger partial charge in [-0.05, 0) is 5.75 Å². The molecule has 0 rings (SSSR count). The summed E-state index contributed by atoms with van der Waals surface area (Å²) in [6.45, 7) is 2.92. The molecule has 0 aliphatic carbocycles. The number of carbonyl (C=O) groups excluding carboxylic acids is 1. The third kappa shape index (κ3) is 9.89. The summed E-state index contributed by atoms with van der Waals surface area (Å²) in [5.41, 5.74) is 0. The number of hydrogen-bond acceptors (Lipinski definition) is 3. The highest BCUT2D eigenvalue weighted by Crippen LogP contribution is 2.05. The molecule has 0 aliphatic rings. The summed E-state index contributed by atoms with van der Waals surface area (Å²) in [5.74, 6) is 4.57. The lowest BCUT2D eigenvalue weighted by Crippen LogP contribution is -2.34. The van der Waals surface area contributed by atoms with Crippen molar-refractivity contribution in [3.63, 3.8) is 0 Å². The number of rotatable bonds is 7. The summed E-state index contributed by atoms with van der Waals surface area (Å²) < 4.78 is 0. The molecule has 0 saturated carbocycles. The number of carbonyl (C=O) groups is 1. The van der Waals surface area contributed by atoms with Crippen LogP contribution >= 0.6 is 23.5 Å². The Morgan fingerprint density at radius 1 is 1.23 bits per heavy atom. The van der Waals surface area contributed by atoms with Gasteiger partial charge < -0.3 is 10.6 Å². The van der Waals surface area contributed by atoms with Crippen LogP contribution < -0.4 is 10.6 Å². The third-order valence-electron chi connectivity index (χ3n) is 1.34. The van der Waals surface area contributed by atoms with Gasteiger partial charge in [0.1, 0.15) is 0 Å². The Bertz CT molecular complexity index is 133. The topological polar surface area (TPSA) is 41.1 Å². The molecular formula is C8H18N2OS2. The minimum absolute atomic E-state index is 0.0940. The van der Waals surface area contributed by atoms with Gasteiger partial charge in [0.05, 0.1) is 0 Å². The van der Waals surface area contributed by atoms with Crippen LogP contribution in [0.2, 0.25) is 0 Å². The average Bonchev–Trinajstić information content (AvgIpc) is 2.16. The average molecular weight is 222 g/mol. The maximum absolute atomic E-state index is 10.7. The van der Waals surface area contributed by atoms with Crippen LogP contribution in [0, 0.1) is 0 Å². The van der Waals surface area contributed by atoms with Gasteiger partial charge in [0.2, 0.25) is 0 Å². The Morgan fingerprint density at radius 2 is 1.92 bits per heavy atom. The molecule has 0 spiro atoms. The Kier molecular flexibility index (Phi) is 10.0. The summed E-state index contributed by atoms with van der Waals surface area (Å²) in [7, 11) is 1.63. The fraction of sp³-hybridized carbons (Fsp3) is 0.875. The van der Waals surface area contributed by atoms with Crippen molar-refractivity contribution in [2.45, 2.75) is 6.92 Å². The van der Waals surface area contributed by atoms with Crippen LogP contribution in [0.5, 0.6) is 0 Å². The van der Waals surface area contributed by atoms with Crippen molar-refractivity contribution in [1.29, 1.82) is 0 Å². The highest BCUT2D eigenvalue weighted by atomic mass is 32.2. The van der Waals surface area contributed by atoms with Gasteiger partial charge in [0.15, 0.2) is 0 Å². The van der Waals surface area contributed by atoms with Crippen molar-refractivity contribution >= 4 is 29.6 Å². The number of nitrogens with one attached hydrogen (secondary N) is 2. The zero-order chi connectivity index (χ0) is 9.94. The van der Waals surface area contributed by atoms with E-state index in [0.717, 1.165) is 12.3 Å². The van der Waals surface area contributed by atoms with Gasteiger partial charge in [-0.1, -0.05) is 6.92 Å². The van der Waals surface area contributed by atoms with Crippen LogP contribution in [0.4, 0.5) is 4.79 Å². The second kappa shape index (κ2) is 10.1. The highest BCUT2D eigenvalue weighted by Gasteiger charge is 1.94. The fourth-order valence-electron chi connectivity index (χ4n) is 0.689. The zero-order valence-corrected chi connectivity index (χ0v) is 9.89. The molecule has 2 N–H and O–H groups in total. The van der Waals surface area contributed by atoms with Crippen LogP contribution in [0.15, 0.2) is 0 Å². The van der Waals surface area contributed by atoms with Gasteiger partial charge in [-0.3, -0.25) is 0 Å². The minimum Gasteiger partial charge on any atom is -0.341 e. The molecule has 0 radical (unpaired) electrons. The van der Waals surface area contributed by atoms with Crippen molar-refractivity contribution in [3.05, 3.63) is 0 Å². The quantitative estimate of drug-likeness (QED) is 0.640. The molecule has 5 heteroatoms. The molecule has 0 bridgehead atoms.